The number of nitrogens with zero attached hydrogens (tertiary/aromatic N) is 1. The highest BCUT2D eigenvalue weighted by Gasteiger charge is 2.27. The number of likely N-dealkylation sites (tertiary alicyclic amines) is 1. The van der Waals surface area contributed by atoms with Gasteiger partial charge in [-0.15, -0.1) is 12.4 Å². The Balaban J connectivity index is 0.00000200. The van der Waals surface area contributed by atoms with Gasteiger partial charge < -0.3 is 10.6 Å². The lowest BCUT2D eigenvalue weighted by atomic mass is 10.0. The van der Waals surface area contributed by atoms with Crippen LogP contribution in [0.4, 0.5) is 0 Å². The third-order valence-electron chi connectivity index (χ3n) is 4.19. The number of benzene rings is 1. The minimum atomic E-state index is 0. The van der Waals surface area contributed by atoms with E-state index in [1.165, 1.54) is 11.1 Å². The normalized spacial score (nSPS) is 19.6. The lowest BCUT2D eigenvalue weighted by Crippen LogP contribution is -2.33. The summed E-state index contributed by atoms with van der Waals surface area (Å²) in [6.07, 6.45) is 2.50. The van der Waals surface area contributed by atoms with Gasteiger partial charge in [-0.25, -0.2) is 0 Å². The van der Waals surface area contributed by atoms with Crippen LogP contribution in [0.25, 0.3) is 0 Å². The summed E-state index contributed by atoms with van der Waals surface area (Å²) in [5.41, 5.74) is 8.45. The summed E-state index contributed by atoms with van der Waals surface area (Å²) in [5.74, 6) is 0.744. The maximum atomic E-state index is 12.2. The van der Waals surface area contributed by atoms with Gasteiger partial charge in [0.2, 0.25) is 5.91 Å². The lowest BCUT2D eigenvalue weighted by Gasteiger charge is -2.18. The second-order valence-electron chi connectivity index (χ2n) is 5.67. The molecule has 2 rings (SSSR count). The van der Waals surface area contributed by atoms with Crippen LogP contribution in [0.3, 0.4) is 0 Å². The van der Waals surface area contributed by atoms with Crippen molar-refractivity contribution in [1.82, 2.24) is 4.90 Å². The van der Waals surface area contributed by atoms with E-state index in [-0.39, 0.29) is 24.4 Å². The van der Waals surface area contributed by atoms with Crippen LogP contribution in [-0.4, -0.2) is 29.9 Å². The first kappa shape index (κ1) is 17.0. The topological polar surface area (TPSA) is 46.3 Å². The van der Waals surface area contributed by atoms with Gasteiger partial charge >= 0.3 is 0 Å². The quantitative estimate of drug-likeness (QED) is 0.928. The first-order valence-electron chi connectivity index (χ1n) is 7.16. The summed E-state index contributed by atoms with van der Waals surface area (Å²) in [4.78, 5) is 14.2. The third kappa shape index (κ3) is 4.22. The summed E-state index contributed by atoms with van der Waals surface area (Å²) < 4.78 is 0. The van der Waals surface area contributed by atoms with Crippen molar-refractivity contribution in [2.24, 2.45) is 11.7 Å². The molecule has 0 aromatic heterocycles. The zero-order valence-electron chi connectivity index (χ0n) is 12.3. The first-order valence-corrected chi connectivity index (χ1v) is 7.16. The zero-order chi connectivity index (χ0) is 13.8. The molecule has 0 aliphatic carbocycles. The predicted octanol–water partition coefficient (Wildman–Crippen LogP) is 2.55. The molecule has 3 nitrogen and oxygen atoms in total. The van der Waals surface area contributed by atoms with E-state index in [0.717, 1.165) is 25.9 Å². The van der Waals surface area contributed by atoms with E-state index < -0.39 is 0 Å². The van der Waals surface area contributed by atoms with Crippen LogP contribution >= 0.6 is 12.4 Å². The number of halogens is 1. The van der Waals surface area contributed by atoms with Crippen LogP contribution in [0.2, 0.25) is 0 Å². The summed E-state index contributed by atoms with van der Waals surface area (Å²) in [6.45, 7) is 5.84. The molecule has 0 bridgehead atoms. The number of aryl methyl sites for hydroxylation is 2. The molecule has 0 saturated carbocycles. The molecule has 1 aliphatic rings. The lowest BCUT2D eigenvalue weighted by molar-refractivity contribution is -0.130. The van der Waals surface area contributed by atoms with E-state index in [4.69, 9.17) is 5.73 Å². The Morgan fingerprint density at radius 2 is 2.15 bits per heavy atom. The van der Waals surface area contributed by atoms with Crippen LogP contribution in [0.15, 0.2) is 24.3 Å². The predicted molar refractivity (Wildman–Crippen MR) is 85.1 cm³/mol. The van der Waals surface area contributed by atoms with Gasteiger partial charge in [0.05, 0.1) is 0 Å². The number of hydrogen-bond donors (Lipinski definition) is 1. The standard InChI is InChI=1S/C16H24N2O.ClH/c1-12-5-3-4-6-14(12)7-8-16(19)18-10-9-15(11-18)13(2)17;/h3-6,13,15H,7-11,17H2,1-2H3;1H. The van der Waals surface area contributed by atoms with Gasteiger partial charge in [-0.1, -0.05) is 24.3 Å². The van der Waals surface area contributed by atoms with Crippen molar-refractivity contribution in [3.63, 3.8) is 0 Å². The van der Waals surface area contributed by atoms with Crippen molar-refractivity contribution in [3.05, 3.63) is 35.4 Å². The fourth-order valence-electron chi connectivity index (χ4n) is 2.73. The Bertz CT molecular complexity index is 448. The van der Waals surface area contributed by atoms with E-state index in [1.54, 1.807) is 0 Å². The van der Waals surface area contributed by atoms with Gasteiger partial charge in [-0.3, -0.25) is 4.79 Å². The number of carbonyl (C=O) groups excluding carboxylic acids is 1. The van der Waals surface area contributed by atoms with Crippen LogP contribution in [0.1, 0.15) is 30.9 Å². The van der Waals surface area contributed by atoms with Gasteiger partial charge in [0.1, 0.15) is 0 Å². The van der Waals surface area contributed by atoms with Crippen molar-refractivity contribution in [2.75, 3.05) is 13.1 Å². The number of amides is 1. The molecule has 20 heavy (non-hydrogen) atoms. The van der Waals surface area contributed by atoms with Crippen LogP contribution in [0, 0.1) is 12.8 Å². The Kier molecular flexibility index (Phi) is 6.50. The van der Waals surface area contributed by atoms with Gasteiger partial charge in [0.15, 0.2) is 0 Å². The molecule has 0 radical (unpaired) electrons. The summed E-state index contributed by atoms with van der Waals surface area (Å²) in [5, 5.41) is 0. The van der Waals surface area contributed by atoms with E-state index in [1.807, 2.05) is 24.0 Å². The van der Waals surface area contributed by atoms with Crippen molar-refractivity contribution in [2.45, 2.75) is 39.2 Å². The number of rotatable bonds is 4. The molecule has 1 saturated heterocycles. The minimum absolute atomic E-state index is 0. The summed E-state index contributed by atoms with van der Waals surface area (Å²) in [7, 11) is 0. The minimum Gasteiger partial charge on any atom is -0.342 e. The first-order chi connectivity index (χ1) is 9.08. The zero-order valence-corrected chi connectivity index (χ0v) is 13.2. The van der Waals surface area contributed by atoms with Crippen molar-refractivity contribution in [1.29, 1.82) is 0 Å². The highest BCUT2D eigenvalue weighted by molar-refractivity contribution is 5.85. The SMILES string of the molecule is Cc1ccccc1CCC(=O)N1CCC(C(C)N)C1.Cl. The van der Waals surface area contributed by atoms with Crippen LogP contribution < -0.4 is 5.73 Å². The maximum Gasteiger partial charge on any atom is 0.222 e. The number of hydrogen-bond acceptors (Lipinski definition) is 2. The average molecular weight is 297 g/mol. The molecule has 1 amide bonds. The number of carbonyl (C=O) groups is 1. The van der Waals surface area contributed by atoms with Crippen molar-refractivity contribution >= 4 is 18.3 Å². The molecule has 1 aliphatic heterocycles. The molecule has 1 heterocycles. The van der Waals surface area contributed by atoms with Gasteiger partial charge in [0.25, 0.3) is 0 Å². The second kappa shape index (κ2) is 7.65. The van der Waals surface area contributed by atoms with E-state index >= 15 is 0 Å². The van der Waals surface area contributed by atoms with Gasteiger partial charge in [0, 0.05) is 25.6 Å². The van der Waals surface area contributed by atoms with Crippen molar-refractivity contribution < 1.29 is 4.79 Å². The molecule has 2 atom stereocenters. The fourth-order valence-corrected chi connectivity index (χ4v) is 2.73. The second-order valence-corrected chi connectivity index (χ2v) is 5.67. The maximum absolute atomic E-state index is 12.2. The van der Waals surface area contributed by atoms with E-state index in [0.29, 0.717) is 12.3 Å². The molecule has 1 aromatic rings. The Labute approximate surface area is 127 Å². The molecule has 0 spiro atoms. The van der Waals surface area contributed by atoms with E-state index in [9.17, 15) is 4.79 Å². The Morgan fingerprint density at radius 1 is 1.45 bits per heavy atom. The summed E-state index contributed by atoms with van der Waals surface area (Å²) >= 11 is 0. The van der Waals surface area contributed by atoms with Crippen LogP contribution in [0.5, 0.6) is 0 Å². The summed E-state index contributed by atoms with van der Waals surface area (Å²) in [6, 6.07) is 8.47. The smallest absolute Gasteiger partial charge is 0.222 e. The highest BCUT2D eigenvalue weighted by Crippen LogP contribution is 2.20. The van der Waals surface area contributed by atoms with E-state index in [2.05, 4.69) is 19.1 Å². The van der Waals surface area contributed by atoms with Crippen LogP contribution in [-0.2, 0) is 11.2 Å². The molecule has 1 aromatic carbocycles. The van der Waals surface area contributed by atoms with Gasteiger partial charge in [-0.05, 0) is 43.7 Å². The molecule has 2 unspecified atom stereocenters. The number of nitrogens with two attached hydrogens (primary N) is 1. The Hall–Kier alpha value is -1.06. The van der Waals surface area contributed by atoms with Crippen molar-refractivity contribution in [3.8, 4) is 0 Å². The molecule has 4 heteroatoms. The van der Waals surface area contributed by atoms with Gasteiger partial charge in [-0.2, -0.15) is 0 Å². The molecular formula is C16H25ClN2O. The monoisotopic (exact) mass is 296 g/mol. The molecule has 2 N–H and O–H groups in total. The molecular weight excluding hydrogens is 272 g/mol. The highest BCUT2D eigenvalue weighted by atomic mass is 35.5. The Morgan fingerprint density at radius 3 is 2.75 bits per heavy atom. The largest absolute Gasteiger partial charge is 0.342 e. The fraction of sp³-hybridized carbons (Fsp3) is 0.562. The average Bonchev–Trinajstić information content (AvgIpc) is 2.87. The molecule has 1 fully saturated rings. The third-order valence-corrected chi connectivity index (χ3v) is 4.19. The molecule has 112 valence electrons.